The zero-order valence-corrected chi connectivity index (χ0v) is 28.2. The number of aryl methyl sites for hydroxylation is 1. The zero-order chi connectivity index (χ0) is 33.5. The predicted molar refractivity (Wildman–Crippen MR) is 181 cm³/mol. The maximum Gasteiger partial charge on any atom is 0.263 e. The number of piperidine rings is 2. The topological polar surface area (TPSA) is 99.8 Å². The third kappa shape index (κ3) is 6.33. The van der Waals surface area contributed by atoms with Crippen molar-refractivity contribution in [2.24, 2.45) is 0 Å². The second kappa shape index (κ2) is 13.1. The third-order valence-electron chi connectivity index (χ3n) is 9.72. The van der Waals surface area contributed by atoms with Gasteiger partial charge in [-0.25, -0.2) is 4.39 Å². The van der Waals surface area contributed by atoms with Crippen molar-refractivity contribution in [3.63, 3.8) is 0 Å². The fourth-order valence-corrected chi connectivity index (χ4v) is 7.73. The molecule has 1 unspecified atom stereocenters. The van der Waals surface area contributed by atoms with Gasteiger partial charge in [0.2, 0.25) is 11.8 Å². The fraction of sp³-hybridized carbons (Fsp3) is 0.417. The van der Waals surface area contributed by atoms with Crippen LogP contribution in [0, 0.1) is 12.7 Å². The van der Waals surface area contributed by atoms with Crippen LogP contribution in [0.3, 0.4) is 0 Å². The molecule has 0 bridgehead atoms. The first-order valence-corrected chi connectivity index (χ1v) is 16.8. The minimum atomic E-state index is -1.45. The molecule has 3 amide bonds. The standard InChI is InChI=1S/C36H39Cl2FN4O4/c1-21-7-10-24(39)19-25(21)32-36(27-11-8-23(38)18-29(27)41-34(36)46)28(20-31(44)42-32)26-17-22(37)9-12-30(26)47-35(2,3)33(45)40-13-16-43-14-5-4-6-15-43/h7-12,17-19,28,32H,4-6,13-16,20H2,1-3H3,(H,40,45)(H,41,46)(H,42,44)/t28-,32+,36?/m1/s1. The van der Waals surface area contributed by atoms with Crippen LogP contribution in [0.1, 0.15) is 73.7 Å². The van der Waals surface area contributed by atoms with E-state index < -0.39 is 28.8 Å². The van der Waals surface area contributed by atoms with Gasteiger partial charge in [0, 0.05) is 46.7 Å². The van der Waals surface area contributed by atoms with E-state index in [1.54, 1.807) is 56.3 Å². The van der Waals surface area contributed by atoms with Gasteiger partial charge in [0.1, 0.15) is 17.0 Å². The Bertz CT molecular complexity index is 1730. The molecule has 2 fully saturated rings. The monoisotopic (exact) mass is 680 g/mol. The van der Waals surface area contributed by atoms with Gasteiger partial charge in [0.05, 0.1) is 6.04 Å². The van der Waals surface area contributed by atoms with Gasteiger partial charge in [-0.3, -0.25) is 14.4 Å². The largest absolute Gasteiger partial charge is 0.478 e. The minimum absolute atomic E-state index is 0.0977. The van der Waals surface area contributed by atoms with Crippen molar-refractivity contribution >= 4 is 46.6 Å². The molecule has 6 rings (SSSR count). The fourth-order valence-electron chi connectivity index (χ4n) is 7.37. The van der Waals surface area contributed by atoms with Crippen molar-refractivity contribution in [3.05, 3.63) is 92.7 Å². The number of halogens is 3. The average Bonchev–Trinajstić information content (AvgIpc) is 3.31. The lowest BCUT2D eigenvalue weighted by molar-refractivity contribution is -0.135. The number of nitrogens with one attached hydrogen (secondary N) is 3. The molecule has 3 atom stereocenters. The molecule has 11 heteroatoms. The van der Waals surface area contributed by atoms with Gasteiger partial charge in [-0.05, 0) is 106 Å². The third-order valence-corrected chi connectivity index (χ3v) is 10.2. The van der Waals surface area contributed by atoms with E-state index in [2.05, 4.69) is 20.9 Å². The van der Waals surface area contributed by atoms with Crippen LogP contribution >= 0.6 is 23.2 Å². The number of carbonyl (C=O) groups excluding carboxylic acids is 3. The summed E-state index contributed by atoms with van der Waals surface area (Å²) in [6, 6.07) is 13.5. The molecule has 1 spiro atoms. The molecular weight excluding hydrogens is 642 g/mol. The molecule has 3 aliphatic heterocycles. The van der Waals surface area contributed by atoms with Crippen LogP contribution in [-0.2, 0) is 19.8 Å². The maximum absolute atomic E-state index is 14.8. The van der Waals surface area contributed by atoms with Crippen molar-refractivity contribution < 1.29 is 23.5 Å². The molecule has 3 heterocycles. The summed E-state index contributed by atoms with van der Waals surface area (Å²) in [5, 5.41) is 9.82. The Morgan fingerprint density at radius 3 is 2.51 bits per heavy atom. The van der Waals surface area contributed by atoms with Crippen LogP contribution < -0.4 is 20.7 Å². The van der Waals surface area contributed by atoms with Gasteiger partial charge in [-0.15, -0.1) is 0 Å². The average molecular weight is 682 g/mol. The lowest BCUT2D eigenvalue weighted by Gasteiger charge is -2.47. The van der Waals surface area contributed by atoms with Crippen LogP contribution in [0.5, 0.6) is 5.75 Å². The maximum atomic E-state index is 14.8. The van der Waals surface area contributed by atoms with Crippen molar-refractivity contribution in [1.82, 2.24) is 15.5 Å². The Labute approximate surface area is 284 Å². The first kappa shape index (κ1) is 33.2. The molecular formula is C36H39Cl2FN4O4. The van der Waals surface area contributed by atoms with Gasteiger partial charge >= 0.3 is 0 Å². The molecule has 0 saturated carbocycles. The quantitative estimate of drug-likeness (QED) is 0.255. The lowest BCUT2D eigenvalue weighted by atomic mass is 9.59. The SMILES string of the molecule is Cc1ccc(F)cc1[C@@H]1NC(=O)C[C@H](c2cc(Cl)ccc2OC(C)(C)C(=O)NCCN2CCCCC2)C12C(=O)Nc1cc(Cl)ccc12. The highest BCUT2D eigenvalue weighted by Crippen LogP contribution is 2.59. The van der Waals surface area contributed by atoms with E-state index in [0.29, 0.717) is 50.3 Å². The van der Waals surface area contributed by atoms with E-state index in [1.165, 1.54) is 18.6 Å². The van der Waals surface area contributed by atoms with Crippen molar-refractivity contribution in [1.29, 1.82) is 0 Å². The van der Waals surface area contributed by atoms with Crippen molar-refractivity contribution in [2.45, 2.75) is 69.4 Å². The number of likely N-dealkylation sites (tertiary alicyclic amines) is 1. The smallest absolute Gasteiger partial charge is 0.263 e. The molecule has 47 heavy (non-hydrogen) atoms. The number of fused-ring (bicyclic) bond motifs is 2. The Morgan fingerprint density at radius 2 is 1.74 bits per heavy atom. The second-order valence-electron chi connectivity index (χ2n) is 13.2. The van der Waals surface area contributed by atoms with Crippen LogP contribution in [0.25, 0.3) is 0 Å². The number of nitrogens with zero attached hydrogens (tertiary/aromatic N) is 1. The van der Waals surface area contributed by atoms with Crippen molar-refractivity contribution in [3.8, 4) is 5.75 Å². The van der Waals surface area contributed by atoms with Gasteiger partial charge < -0.3 is 25.6 Å². The number of anilines is 1. The number of benzene rings is 3. The summed E-state index contributed by atoms with van der Waals surface area (Å²) in [6.07, 6.45) is 3.47. The van der Waals surface area contributed by atoms with E-state index in [0.717, 1.165) is 32.5 Å². The summed E-state index contributed by atoms with van der Waals surface area (Å²) in [4.78, 5) is 43.9. The number of carbonyl (C=O) groups is 3. The molecule has 3 N–H and O–H groups in total. The summed E-state index contributed by atoms with van der Waals surface area (Å²) < 4.78 is 21.3. The molecule has 2 saturated heterocycles. The highest BCUT2D eigenvalue weighted by Gasteiger charge is 2.62. The van der Waals surface area contributed by atoms with Crippen LogP contribution in [-0.4, -0.2) is 54.4 Å². The first-order chi connectivity index (χ1) is 22.4. The Morgan fingerprint density at radius 1 is 1.02 bits per heavy atom. The van der Waals surface area contributed by atoms with E-state index in [1.807, 2.05) is 6.92 Å². The first-order valence-electron chi connectivity index (χ1n) is 16.1. The normalized spacial score (nSPS) is 22.9. The predicted octanol–water partition coefficient (Wildman–Crippen LogP) is 6.44. The molecule has 3 aromatic rings. The summed E-state index contributed by atoms with van der Waals surface area (Å²) in [7, 11) is 0. The number of ether oxygens (including phenoxy) is 1. The minimum Gasteiger partial charge on any atom is -0.478 e. The Hall–Kier alpha value is -3.66. The molecule has 0 aliphatic carbocycles. The van der Waals surface area contributed by atoms with Gasteiger partial charge in [0.15, 0.2) is 5.60 Å². The molecule has 248 valence electrons. The van der Waals surface area contributed by atoms with E-state index in [9.17, 15) is 18.8 Å². The van der Waals surface area contributed by atoms with E-state index in [-0.39, 0.29) is 24.1 Å². The second-order valence-corrected chi connectivity index (χ2v) is 14.1. The highest BCUT2D eigenvalue weighted by molar-refractivity contribution is 6.31. The molecule has 8 nitrogen and oxygen atoms in total. The number of hydrogen-bond acceptors (Lipinski definition) is 5. The zero-order valence-electron chi connectivity index (χ0n) is 26.7. The van der Waals surface area contributed by atoms with Crippen LogP contribution in [0.15, 0.2) is 54.6 Å². The van der Waals surface area contributed by atoms with E-state index >= 15 is 0 Å². The summed E-state index contributed by atoms with van der Waals surface area (Å²) in [6.45, 7) is 8.48. The molecule has 3 aliphatic rings. The molecule has 0 radical (unpaired) electrons. The summed E-state index contributed by atoms with van der Waals surface area (Å²) >= 11 is 12.9. The molecule has 0 aromatic heterocycles. The Kier molecular flexibility index (Phi) is 9.26. The summed E-state index contributed by atoms with van der Waals surface area (Å²) in [5.74, 6) is -2.00. The van der Waals surface area contributed by atoms with Crippen molar-refractivity contribution in [2.75, 3.05) is 31.5 Å². The number of amides is 3. The summed E-state index contributed by atoms with van der Waals surface area (Å²) in [5.41, 5.74) is 0.00751. The van der Waals surface area contributed by atoms with Gasteiger partial charge in [0.25, 0.3) is 5.91 Å². The molecule has 3 aromatic carbocycles. The lowest BCUT2D eigenvalue weighted by Crippen LogP contribution is -2.57. The number of rotatable bonds is 8. The van der Waals surface area contributed by atoms with Crippen LogP contribution in [0.4, 0.5) is 10.1 Å². The highest BCUT2D eigenvalue weighted by atomic mass is 35.5. The van der Waals surface area contributed by atoms with Crippen LogP contribution in [0.2, 0.25) is 10.0 Å². The van der Waals surface area contributed by atoms with E-state index in [4.69, 9.17) is 27.9 Å². The Balaban J connectivity index is 1.42. The van der Waals surface area contributed by atoms with Gasteiger partial charge in [-0.1, -0.05) is 41.8 Å². The number of hydrogen-bond donors (Lipinski definition) is 3. The van der Waals surface area contributed by atoms with Gasteiger partial charge in [-0.2, -0.15) is 0 Å².